The summed E-state index contributed by atoms with van der Waals surface area (Å²) >= 11 is 0. The largest absolute Gasteiger partial charge is 0.466 e. The summed E-state index contributed by atoms with van der Waals surface area (Å²) in [4.78, 5) is 16.3. The van der Waals surface area contributed by atoms with E-state index in [-0.39, 0.29) is 18.6 Å². The number of ether oxygens (including phenoxy) is 1. The first kappa shape index (κ1) is 13.8. The van der Waals surface area contributed by atoms with Gasteiger partial charge in [-0.1, -0.05) is 5.16 Å². The fourth-order valence-electron chi connectivity index (χ4n) is 2.35. The highest BCUT2D eigenvalue weighted by Gasteiger charge is 2.24. The number of carbonyl (C=O) groups is 1. The van der Waals surface area contributed by atoms with Crippen LogP contribution in [-0.4, -0.2) is 22.7 Å². The second-order valence-electron chi connectivity index (χ2n) is 5.06. The smallest absolute Gasteiger partial charge is 0.255 e. The Morgan fingerprint density at radius 3 is 3.00 bits per heavy atom. The number of carbonyl (C=O) groups excluding carboxylic acids is 1. The molecule has 112 valence electrons. The molecule has 0 aromatic carbocycles. The molecule has 1 aliphatic heterocycles. The van der Waals surface area contributed by atoms with E-state index in [1.54, 1.807) is 19.9 Å². The Balaban J connectivity index is 1.60. The van der Waals surface area contributed by atoms with Gasteiger partial charge in [0.05, 0.1) is 12.1 Å². The molecule has 2 aromatic heterocycles. The minimum absolute atomic E-state index is 0.110. The molecule has 3 rings (SSSR count). The Morgan fingerprint density at radius 1 is 1.48 bits per heavy atom. The molecule has 1 aliphatic rings. The van der Waals surface area contributed by atoms with Crippen molar-refractivity contribution in [3.05, 3.63) is 34.9 Å². The zero-order valence-corrected chi connectivity index (χ0v) is 12.0. The van der Waals surface area contributed by atoms with Gasteiger partial charge in [0, 0.05) is 6.61 Å². The Labute approximate surface area is 121 Å². The van der Waals surface area contributed by atoms with E-state index in [9.17, 15) is 4.79 Å². The van der Waals surface area contributed by atoms with Crippen molar-refractivity contribution in [2.75, 3.05) is 6.61 Å². The summed E-state index contributed by atoms with van der Waals surface area (Å²) in [7, 11) is 0. The number of aromatic nitrogens is 2. The van der Waals surface area contributed by atoms with E-state index in [1.165, 1.54) is 0 Å². The third kappa shape index (κ3) is 2.97. The number of nitrogens with one attached hydrogen (secondary N) is 1. The van der Waals surface area contributed by atoms with Crippen molar-refractivity contribution in [1.82, 2.24) is 15.5 Å². The third-order valence-electron chi connectivity index (χ3n) is 3.38. The standard InChI is InChI=1S/C14H17N3O4/c1-8-6-10(9(2)20-8)13(18)15-7-12-16-14(21-17-12)11-4-3-5-19-11/h6,11H,3-5,7H2,1-2H3,(H,15,18)/t11-/m0/s1. The van der Waals surface area contributed by atoms with Gasteiger partial charge < -0.3 is 19.0 Å². The highest BCUT2D eigenvalue weighted by atomic mass is 16.5. The van der Waals surface area contributed by atoms with Crippen LogP contribution >= 0.6 is 0 Å². The fourth-order valence-corrected chi connectivity index (χ4v) is 2.35. The summed E-state index contributed by atoms with van der Waals surface area (Å²) in [6.45, 7) is 4.49. The maximum Gasteiger partial charge on any atom is 0.255 e. The van der Waals surface area contributed by atoms with Crippen LogP contribution < -0.4 is 5.32 Å². The molecule has 0 radical (unpaired) electrons. The molecule has 1 amide bonds. The van der Waals surface area contributed by atoms with Crippen molar-refractivity contribution < 1.29 is 18.5 Å². The van der Waals surface area contributed by atoms with E-state index in [0.29, 0.717) is 28.8 Å². The van der Waals surface area contributed by atoms with Gasteiger partial charge >= 0.3 is 0 Å². The molecule has 0 aliphatic carbocycles. The molecule has 0 unspecified atom stereocenters. The fraction of sp³-hybridized carbons (Fsp3) is 0.500. The molecular weight excluding hydrogens is 274 g/mol. The highest BCUT2D eigenvalue weighted by molar-refractivity contribution is 5.95. The van der Waals surface area contributed by atoms with Gasteiger partial charge in [-0.2, -0.15) is 4.98 Å². The van der Waals surface area contributed by atoms with E-state index in [1.807, 2.05) is 0 Å². The number of nitrogens with zero attached hydrogens (tertiary/aromatic N) is 2. The van der Waals surface area contributed by atoms with Gasteiger partial charge in [-0.15, -0.1) is 0 Å². The summed E-state index contributed by atoms with van der Waals surface area (Å²) in [5.74, 6) is 2.00. The monoisotopic (exact) mass is 291 g/mol. The number of furan rings is 1. The molecule has 1 saturated heterocycles. The molecule has 0 spiro atoms. The van der Waals surface area contributed by atoms with E-state index in [2.05, 4.69) is 15.5 Å². The van der Waals surface area contributed by atoms with E-state index in [4.69, 9.17) is 13.7 Å². The first-order valence-corrected chi connectivity index (χ1v) is 6.93. The number of hydrogen-bond donors (Lipinski definition) is 1. The second kappa shape index (κ2) is 5.69. The van der Waals surface area contributed by atoms with Crippen molar-refractivity contribution in [3.63, 3.8) is 0 Å². The highest BCUT2D eigenvalue weighted by Crippen LogP contribution is 2.26. The van der Waals surface area contributed by atoms with E-state index < -0.39 is 0 Å². The summed E-state index contributed by atoms with van der Waals surface area (Å²) in [5, 5.41) is 6.60. The van der Waals surface area contributed by atoms with Gasteiger partial charge in [-0.3, -0.25) is 4.79 Å². The predicted molar refractivity (Wildman–Crippen MR) is 71.6 cm³/mol. The van der Waals surface area contributed by atoms with Crippen molar-refractivity contribution in [2.45, 2.75) is 39.3 Å². The van der Waals surface area contributed by atoms with Gasteiger partial charge in [-0.25, -0.2) is 0 Å². The van der Waals surface area contributed by atoms with Crippen molar-refractivity contribution in [1.29, 1.82) is 0 Å². The van der Waals surface area contributed by atoms with Crippen LogP contribution in [0, 0.1) is 13.8 Å². The number of hydrogen-bond acceptors (Lipinski definition) is 6. The Bertz CT molecular complexity index is 640. The Kier molecular flexibility index (Phi) is 3.74. The van der Waals surface area contributed by atoms with Crippen LogP contribution in [0.2, 0.25) is 0 Å². The zero-order valence-electron chi connectivity index (χ0n) is 12.0. The lowest BCUT2D eigenvalue weighted by molar-refractivity contribution is 0.0835. The SMILES string of the molecule is Cc1cc(C(=O)NCc2noc([C@@H]3CCCO3)n2)c(C)o1. The molecule has 0 bridgehead atoms. The van der Waals surface area contributed by atoms with Crippen LogP contribution in [0.5, 0.6) is 0 Å². The molecule has 2 aromatic rings. The third-order valence-corrected chi connectivity index (χ3v) is 3.38. The summed E-state index contributed by atoms with van der Waals surface area (Å²) < 4.78 is 16.0. The number of amides is 1. The molecular formula is C14H17N3O4. The molecule has 7 nitrogen and oxygen atoms in total. The van der Waals surface area contributed by atoms with Gasteiger partial charge in [0.1, 0.15) is 17.6 Å². The zero-order chi connectivity index (χ0) is 14.8. The van der Waals surface area contributed by atoms with Crippen LogP contribution in [0.1, 0.15) is 52.5 Å². The molecule has 21 heavy (non-hydrogen) atoms. The van der Waals surface area contributed by atoms with Crippen molar-refractivity contribution in [3.8, 4) is 0 Å². The number of rotatable bonds is 4. The van der Waals surface area contributed by atoms with Gasteiger partial charge in [-0.05, 0) is 32.8 Å². The minimum Gasteiger partial charge on any atom is -0.466 e. The average molecular weight is 291 g/mol. The molecule has 0 saturated carbocycles. The van der Waals surface area contributed by atoms with Crippen LogP contribution in [-0.2, 0) is 11.3 Å². The van der Waals surface area contributed by atoms with E-state index in [0.717, 1.165) is 19.4 Å². The van der Waals surface area contributed by atoms with Crippen molar-refractivity contribution >= 4 is 5.91 Å². The molecule has 7 heteroatoms. The summed E-state index contributed by atoms with van der Waals surface area (Å²) in [6, 6.07) is 1.71. The van der Waals surface area contributed by atoms with E-state index >= 15 is 0 Å². The maximum atomic E-state index is 12.0. The second-order valence-corrected chi connectivity index (χ2v) is 5.06. The molecule has 1 fully saturated rings. The van der Waals surface area contributed by atoms with Crippen LogP contribution in [0.25, 0.3) is 0 Å². The lowest BCUT2D eigenvalue weighted by Gasteiger charge is -2.01. The lowest BCUT2D eigenvalue weighted by Crippen LogP contribution is -2.23. The molecule has 1 atom stereocenters. The van der Waals surface area contributed by atoms with Crippen molar-refractivity contribution in [2.24, 2.45) is 0 Å². The quantitative estimate of drug-likeness (QED) is 0.927. The topological polar surface area (TPSA) is 90.4 Å². The Hall–Kier alpha value is -2.15. The normalized spacial score (nSPS) is 18.1. The molecule has 1 N–H and O–H groups in total. The first-order valence-electron chi connectivity index (χ1n) is 6.93. The van der Waals surface area contributed by atoms with Gasteiger partial charge in [0.2, 0.25) is 0 Å². The predicted octanol–water partition coefficient (Wildman–Crippen LogP) is 2.06. The van der Waals surface area contributed by atoms with Gasteiger partial charge in [0.15, 0.2) is 5.82 Å². The minimum atomic E-state index is -0.215. The molecule has 3 heterocycles. The van der Waals surface area contributed by atoms with Crippen LogP contribution in [0.15, 0.2) is 15.0 Å². The maximum absolute atomic E-state index is 12.0. The van der Waals surface area contributed by atoms with Crippen LogP contribution in [0.3, 0.4) is 0 Å². The lowest BCUT2D eigenvalue weighted by atomic mass is 10.2. The summed E-state index contributed by atoms with van der Waals surface area (Å²) in [6.07, 6.45) is 1.78. The Morgan fingerprint density at radius 2 is 2.33 bits per heavy atom. The van der Waals surface area contributed by atoms with Crippen LogP contribution in [0.4, 0.5) is 0 Å². The number of aryl methyl sites for hydroxylation is 2. The first-order chi connectivity index (χ1) is 10.1. The summed E-state index contributed by atoms with van der Waals surface area (Å²) in [5.41, 5.74) is 0.523. The van der Waals surface area contributed by atoms with Gasteiger partial charge in [0.25, 0.3) is 11.8 Å². The average Bonchev–Trinajstić information content (AvgIpc) is 3.15.